The molecule has 1 N–H and O–H groups in total. The minimum Gasteiger partial charge on any atom is -0.490 e. The van der Waals surface area contributed by atoms with Gasteiger partial charge in [0.25, 0.3) is 0 Å². The van der Waals surface area contributed by atoms with Gasteiger partial charge in [0.15, 0.2) is 17.9 Å². The molecular weight excluding hydrogens is 349 g/mol. The molecule has 0 aliphatic carbocycles. The minimum atomic E-state index is -0.637. The fraction of sp³-hybridized carbons (Fsp3) is 0.333. The van der Waals surface area contributed by atoms with Crippen molar-refractivity contribution in [3.05, 3.63) is 58.9 Å². The molecule has 6 heteroatoms. The van der Waals surface area contributed by atoms with E-state index in [2.05, 4.69) is 5.32 Å². The number of anilines is 1. The van der Waals surface area contributed by atoms with Crippen LogP contribution < -0.4 is 10.1 Å². The van der Waals surface area contributed by atoms with Crippen molar-refractivity contribution in [1.82, 2.24) is 0 Å². The Labute approximate surface area is 158 Å². The Bertz CT molecular complexity index is 810. The van der Waals surface area contributed by atoms with Crippen LogP contribution in [0.2, 0.25) is 0 Å². The van der Waals surface area contributed by atoms with Gasteiger partial charge in [-0.15, -0.1) is 0 Å². The largest absolute Gasteiger partial charge is 0.490 e. The Hall–Kier alpha value is -2.89. The van der Waals surface area contributed by atoms with Crippen LogP contribution in [0.4, 0.5) is 14.9 Å². The quantitative estimate of drug-likeness (QED) is 0.730. The average molecular weight is 373 g/mol. The van der Waals surface area contributed by atoms with Crippen molar-refractivity contribution in [2.24, 2.45) is 0 Å². The predicted molar refractivity (Wildman–Crippen MR) is 102 cm³/mol. The monoisotopic (exact) mass is 373 g/mol. The molecule has 0 atom stereocenters. The maximum absolute atomic E-state index is 14.1. The normalized spacial score (nSPS) is 11.0. The second-order valence-electron chi connectivity index (χ2n) is 7.15. The number of hydrogen-bond donors (Lipinski definition) is 1. The molecule has 0 unspecified atom stereocenters. The fourth-order valence-electron chi connectivity index (χ4n) is 2.38. The van der Waals surface area contributed by atoms with Crippen LogP contribution in [0, 0.1) is 12.7 Å². The van der Waals surface area contributed by atoms with Crippen molar-refractivity contribution >= 4 is 18.1 Å². The third-order valence-electron chi connectivity index (χ3n) is 3.73. The summed E-state index contributed by atoms with van der Waals surface area (Å²) in [5.41, 5.74) is 1.62. The number of rotatable bonds is 6. The van der Waals surface area contributed by atoms with Gasteiger partial charge in [0.05, 0.1) is 12.2 Å². The zero-order valence-corrected chi connectivity index (χ0v) is 16.0. The maximum Gasteiger partial charge on any atom is 0.412 e. The van der Waals surface area contributed by atoms with Crippen LogP contribution in [0.5, 0.6) is 5.75 Å². The van der Waals surface area contributed by atoms with E-state index in [1.165, 1.54) is 6.07 Å². The van der Waals surface area contributed by atoms with Gasteiger partial charge >= 0.3 is 6.09 Å². The van der Waals surface area contributed by atoms with Crippen LogP contribution >= 0.6 is 0 Å². The van der Waals surface area contributed by atoms with Crippen LogP contribution in [0.1, 0.15) is 42.3 Å². The number of aldehydes is 1. The number of halogens is 1. The Balaban J connectivity index is 1.89. The zero-order valence-electron chi connectivity index (χ0n) is 16.0. The molecule has 0 radical (unpaired) electrons. The molecule has 0 spiro atoms. The lowest BCUT2D eigenvalue weighted by Gasteiger charge is -2.19. The maximum atomic E-state index is 14.1. The van der Waals surface area contributed by atoms with Crippen LogP contribution in [0.3, 0.4) is 0 Å². The van der Waals surface area contributed by atoms with Gasteiger partial charge in [0.1, 0.15) is 5.60 Å². The van der Waals surface area contributed by atoms with E-state index in [4.69, 9.17) is 9.47 Å². The van der Waals surface area contributed by atoms with Gasteiger partial charge in [0, 0.05) is 12.1 Å². The van der Waals surface area contributed by atoms with Gasteiger partial charge in [-0.05, 0) is 57.0 Å². The third kappa shape index (κ3) is 6.09. The van der Waals surface area contributed by atoms with Crippen molar-refractivity contribution in [3.63, 3.8) is 0 Å². The Morgan fingerprint density at radius 3 is 2.41 bits per heavy atom. The number of nitrogens with one attached hydrogen (secondary N) is 1. The minimum absolute atomic E-state index is 0.0186. The van der Waals surface area contributed by atoms with Gasteiger partial charge in [-0.2, -0.15) is 0 Å². The highest BCUT2D eigenvalue weighted by molar-refractivity contribution is 5.84. The summed E-state index contributed by atoms with van der Waals surface area (Å²) >= 11 is 0. The molecule has 0 aromatic heterocycles. The molecule has 0 saturated carbocycles. The molecule has 0 bridgehead atoms. The molecule has 2 aromatic carbocycles. The van der Waals surface area contributed by atoms with Crippen LogP contribution in [0.25, 0.3) is 0 Å². The highest BCUT2D eigenvalue weighted by Crippen LogP contribution is 2.22. The summed E-state index contributed by atoms with van der Waals surface area (Å²) in [4.78, 5) is 22.7. The molecule has 0 fully saturated rings. The Morgan fingerprint density at radius 2 is 1.81 bits per heavy atom. The van der Waals surface area contributed by atoms with E-state index in [-0.39, 0.29) is 17.9 Å². The van der Waals surface area contributed by atoms with Gasteiger partial charge < -0.3 is 9.47 Å². The zero-order chi connectivity index (χ0) is 20.0. The number of hydrogen-bond acceptors (Lipinski definition) is 4. The molecule has 1 amide bonds. The average Bonchev–Trinajstić information content (AvgIpc) is 2.57. The molecule has 2 rings (SSSR count). The number of carbonyl (C=O) groups is 2. The van der Waals surface area contributed by atoms with Crippen molar-refractivity contribution in [1.29, 1.82) is 0 Å². The van der Waals surface area contributed by atoms with E-state index in [9.17, 15) is 14.0 Å². The predicted octanol–water partition coefficient (Wildman–Crippen LogP) is 4.92. The van der Waals surface area contributed by atoms with Gasteiger partial charge in [0.2, 0.25) is 0 Å². The second-order valence-corrected chi connectivity index (χ2v) is 7.15. The summed E-state index contributed by atoms with van der Waals surface area (Å²) in [6.07, 6.45) is 0.532. The van der Waals surface area contributed by atoms with Crippen LogP contribution in [0.15, 0.2) is 36.4 Å². The molecular formula is C21H24FNO4. The summed E-state index contributed by atoms with van der Waals surface area (Å²) in [6, 6.07) is 10.4. The molecule has 5 nitrogen and oxygen atoms in total. The molecule has 0 aliphatic heterocycles. The molecule has 0 aliphatic rings. The van der Waals surface area contributed by atoms with E-state index in [1.807, 2.05) is 12.1 Å². The van der Waals surface area contributed by atoms with E-state index < -0.39 is 17.5 Å². The smallest absolute Gasteiger partial charge is 0.412 e. The van der Waals surface area contributed by atoms with Crippen molar-refractivity contribution < 1.29 is 23.5 Å². The van der Waals surface area contributed by atoms with Crippen LogP contribution in [-0.2, 0) is 11.2 Å². The van der Waals surface area contributed by atoms with E-state index in [1.54, 1.807) is 45.9 Å². The lowest BCUT2D eigenvalue weighted by atomic mass is 10.1. The lowest BCUT2D eigenvalue weighted by Crippen LogP contribution is -2.27. The first-order valence-electron chi connectivity index (χ1n) is 8.65. The summed E-state index contributed by atoms with van der Waals surface area (Å²) in [5.74, 6) is -0.576. The van der Waals surface area contributed by atoms with E-state index in [0.717, 1.165) is 5.56 Å². The topological polar surface area (TPSA) is 64.6 Å². The number of carbonyl (C=O) groups excluding carboxylic acids is 2. The van der Waals surface area contributed by atoms with E-state index >= 15 is 0 Å². The highest BCUT2D eigenvalue weighted by atomic mass is 19.1. The molecule has 0 heterocycles. The number of aryl methyl sites for hydroxylation is 1. The van der Waals surface area contributed by atoms with Crippen molar-refractivity contribution in [2.45, 2.75) is 39.7 Å². The number of ether oxygens (including phenoxy) is 2. The molecule has 2 aromatic rings. The van der Waals surface area contributed by atoms with Crippen molar-refractivity contribution in [2.75, 3.05) is 11.9 Å². The summed E-state index contributed by atoms with van der Waals surface area (Å²) in [7, 11) is 0. The first kappa shape index (κ1) is 20.4. The molecule has 27 heavy (non-hydrogen) atoms. The Kier molecular flexibility index (Phi) is 6.55. The molecule has 0 saturated heterocycles. The standard InChI is InChI=1S/C21H24FNO4/c1-14-5-10-18(19(22)17(14)13-24)26-12-11-15-6-8-16(9-7-15)23-20(25)27-21(2,3)4/h5-10,13H,11-12H2,1-4H3,(H,23,25). The van der Waals surface area contributed by atoms with Gasteiger partial charge in [-0.25, -0.2) is 9.18 Å². The van der Waals surface area contributed by atoms with Crippen LogP contribution in [-0.4, -0.2) is 24.6 Å². The van der Waals surface area contributed by atoms with Crippen molar-refractivity contribution in [3.8, 4) is 5.75 Å². The lowest BCUT2D eigenvalue weighted by molar-refractivity contribution is 0.0636. The number of amides is 1. The van der Waals surface area contributed by atoms with Gasteiger partial charge in [-0.3, -0.25) is 10.1 Å². The fourth-order valence-corrected chi connectivity index (χ4v) is 2.38. The van der Waals surface area contributed by atoms with Gasteiger partial charge in [-0.1, -0.05) is 18.2 Å². The third-order valence-corrected chi connectivity index (χ3v) is 3.73. The first-order valence-corrected chi connectivity index (χ1v) is 8.65. The summed E-state index contributed by atoms with van der Waals surface area (Å²) in [6.45, 7) is 7.32. The SMILES string of the molecule is Cc1ccc(OCCc2ccc(NC(=O)OC(C)(C)C)cc2)c(F)c1C=O. The molecule has 144 valence electrons. The highest BCUT2D eigenvalue weighted by Gasteiger charge is 2.16. The summed E-state index contributed by atoms with van der Waals surface area (Å²) in [5, 5.41) is 2.66. The van der Waals surface area contributed by atoms with E-state index in [0.29, 0.717) is 24.0 Å². The first-order chi connectivity index (χ1) is 12.7. The Morgan fingerprint density at radius 1 is 1.15 bits per heavy atom. The second kappa shape index (κ2) is 8.66. The number of benzene rings is 2. The summed E-state index contributed by atoms with van der Waals surface area (Å²) < 4.78 is 24.8.